The van der Waals surface area contributed by atoms with E-state index in [0.717, 1.165) is 13.0 Å². The first kappa shape index (κ1) is 8.31. The zero-order valence-corrected chi connectivity index (χ0v) is 7.27. The Hall–Kier alpha value is -1.29. The van der Waals surface area contributed by atoms with Crippen LogP contribution in [0.1, 0.15) is 6.42 Å². The van der Waals surface area contributed by atoms with Gasteiger partial charge in [0.2, 0.25) is 0 Å². The Kier molecular flexibility index (Phi) is 2.31. The molecule has 1 aromatic rings. The molecule has 1 unspecified atom stereocenters. The number of hydrogen-bond acceptors (Lipinski definition) is 4. The summed E-state index contributed by atoms with van der Waals surface area (Å²) in [5.74, 6) is 0.651. The number of ether oxygens (including phenoxy) is 2. The third kappa shape index (κ3) is 1.89. The standard InChI is InChI=1S/C9H12N2O2/c10-8-1-3-11-5-9(8)13-7-2-4-12-6-7/h1,3,5,7H,2,4,6H2,(H2,10,11). The van der Waals surface area contributed by atoms with Crippen molar-refractivity contribution in [3.8, 4) is 5.75 Å². The average molecular weight is 180 g/mol. The molecule has 0 spiro atoms. The van der Waals surface area contributed by atoms with E-state index in [1.807, 2.05) is 0 Å². The minimum Gasteiger partial charge on any atom is -0.484 e. The monoisotopic (exact) mass is 180 g/mol. The van der Waals surface area contributed by atoms with Gasteiger partial charge in [0, 0.05) is 12.6 Å². The van der Waals surface area contributed by atoms with Gasteiger partial charge in [-0.15, -0.1) is 0 Å². The number of pyridine rings is 1. The molecule has 2 N–H and O–H groups in total. The highest BCUT2D eigenvalue weighted by molar-refractivity contribution is 5.49. The maximum atomic E-state index is 5.69. The minimum atomic E-state index is 0.131. The molecule has 1 fully saturated rings. The van der Waals surface area contributed by atoms with E-state index in [1.165, 1.54) is 0 Å². The summed E-state index contributed by atoms with van der Waals surface area (Å²) < 4.78 is 10.8. The van der Waals surface area contributed by atoms with Gasteiger partial charge in [0.1, 0.15) is 6.10 Å². The van der Waals surface area contributed by atoms with Gasteiger partial charge in [0.25, 0.3) is 0 Å². The van der Waals surface area contributed by atoms with Crippen molar-refractivity contribution in [1.82, 2.24) is 4.98 Å². The fourth-order valence-electron chi connectivity index (χ4n) is 1.27. The molecule has 1 aromatic heterocycles. The van der Waals surface area contributed by atoms with Crippen LogP contribution in [0, 0.1) is 0 Å². The lowest BCUT2D eigenvalue weighted by molar-refractivity contribution is 0.141. The van der Waals surface area contributed by atoms with Gasteiger partial charge >= 0.3 is 0 Å². The summed E-state index contributed by atoms with van der Waals surface area (Å²) in [6, 6.07) is 1.73. The molecule has 4 nitrogen and oxygen atoms in total. The van der Waals surface area contributed by atoms with Gasteiger partial charge in [0.05, 0.1) is 25.1 Å². The van der Waals surface area contributed by atoms with Gasteiger partial charge in [-0.1, -0.05) is 0 Å². The van der Waals surface area contributed by atoms with E-state index in [-0.39, 0.29) is 6.10 Å². The van der Waals surface area contributed by atoms with E-state index in [2.05, 4.69) is 4.98 Å². The number of nitrogen functional groups attached to an aromatic ring is 1. The van der Waals surface area contributed by atoms with E-state index in [0.29, 0.717) is 18.0 Å². The molecule has 4 heteroatoms. The predicted octanol–water partition coefficient (Wildman–Crippen LogP) is 0.831. The SMILES string of the molecule is Nc1ccncc1OC1CCOC1. The normalized spacial score (nSPS) is 21.7. The third-order valence-corrected chi connectivity index (χ3v) is 2.00. The molecule has 1 saturated heterocycles. The zero-order chi connectivity index (χ0) is 9.10. The third-order valence-electron chi connectivity index (χ3n) is 2.00. The zero-order valence-electron chi connectivity index (χ0n) is 7.27. The van der Waals surface area contributed by atoms with Crippen molar-refractivity contribution < 1.29 is 9.47 Å². The lowest BCUT2D eigenvalue weighted by Gasteiger charge is -2.12. The summed E-state index contributed by atoms with van der Waals surface area (Å²) in [4.78, 5) is 3.94. The maximum absolute atomic E-state index is 5.69. The summed E-state index contributed by atoms with van der Waals surface area (Å²) in [7, 11) is 0. The molecule has 1 atom stereocenters. The molecule has 0 radical (unpaired) electrons. The van der Waals surface area contributed by atoms with Crippen LogP contribution in [0.4, 0.5) is 5.69 Å². The van der Waals surface area contributed by atoms with Crippen LogP contribution in [0.25, 0.3) is 0 Å². The van der Waals surface area contributed by atoms with Crippen molar-refractivity contribution in [2.24, 2.45) is 0 Å². The average Bonchev–Trinajstić information content (AvgIpc) is 2.61. The van der Waals surface area contributed by atoms with Crippen LogP contribution in [0.5, 0.6) is 5.75 Å². The Labute approximate surface area is 76.7 Å². The molecule has 0 aliphatic carbocycles. The quantitative estimate of drug-likeness (QED) is 0.732. The number of rotatable bonds is 2. The summed E-state index contributed by atoms with van der Waals surface area (Å²) in [6.07, 6.45) is 4.33. The number of aromatic nitrogens is 1. The van der Waals surface area contributed by atoms with Gasteiger partial charge in [-0.3, -0.25) is 4.98 Å². The van der Waals surface area contributed by atoms with E-state index < -0.39 is 0 Å². The Balaban J connectivity index is 2.04. The first-order valence-corrected chi connectivity index (χ1v) is 4.30. The molecule has 70 valence electrons. The second-order valence-electron chi connectivity index (χ2n) is 3.02. The molecule has 2 rings (SSSR count). The van der Waals surface area contributed by atoms with E-state index in [4.69, 9.17) is 15.2 Å². The number of anilines is 1. The lowest BCUT2D eigenvalue weighted by atomic mass is 10.3. The van der Waals surface area contributed by atoms with Crippen LogP contribution in [0.15, 0.2) is 18.5 Å². The molecule has 0 amide bonds. The van der Waals surface area contributed by atoms with Crippen molar-refractivity contribution in [3.05, 3.63) is 18.5 Å². The largest absolute Gasteiger partial charge is 0.484 e. The van der Waals surface area contributed by atoms with Gasteiger partial charge < -0.3 is 15.2 Å². The summed E-state index contributed by atoms with van der Waals surface area (Å²) in [5.41, 5.74) is 6.32. The molecule has 0 aromatic carbocycles. The van der Waals surface area contributed by atoms with E-state index >= 15 is 0 Å². The highest BCUT2D eigenvalue weighted by Gasteiger charge is 2.17. The molecular formula is C9H12N2O2. The Bertz CT molecular complexity index is 285. The van der Waals surface area contributed by atoms with E-state index in [1.54, 1.807) is 18.5 Å². The first-order valence-electron chi connectivity index (χ1n) is 4.30. The van der Waals surface area contributed by atoms with Crippen LogP contribution in [-0.2, 0) is 4.74 Å². The molecule has 13 heavy (non-hydrogen) atoms. The number of nitrogens with zero attached hydrogens (tertiary/aromatic N) is 1. The molecule has 1 aliphatic rings. The first-order chi connectivity index (χ1) is 6.36. The van der Waals surface area contributed by atoms with Crippen molar-refractivity contribution in [1.29, 1.82) is 0 Å². The maximum Gasteiger partial charge on any atom is 0.160 e. The molecule has 0 bridgehead atoms. The van der Waals surface area contributed by atoms with E-state index in [9.17, 15) is 0 Å². The predicted molar refractivity (Wildman–Crippen MR) is 48.5 cm³/mol. The molecule has 2 heterocycles. The Morgan fingerprint density at radius 2 is 2.54 bits per heavy atom. The van der Waals surface area contributed by atoms with Crippen LogP contribution < -0.4 is 10.5 Å². The number of nitrogens with two attached hydrogens (primary N) is 1. The van der Waals surface area contributed by atoms with Crippen molar-refractivity contribution in [3.63, 3.8) is 0 Å². The molecule has 1 aliphatic heterocycles. The molecular weight excluding hydrogens is 168 g/mol. The van der Waals surface area contributed by atoms with Gasteiger partial charge in [0.15, 0.2) is 5.75 Å². The summed E-state index contributed by atoms with van der Waals surface area (Å²) >= 11 is 0. The molecule has 0 saturated carbocycles. The highest BCUT2D eigenvalue weighted by Crippen LogP contribution is 2.22. The fourth-order valence-corrected chi connectivity index (χ4v) is 1.27. The second-order valence-corrected chi connectivity index (χ2v) is 3.02. The Morgan fingerprint density at radius 1 is 1.62 bits per heavy atom. The van der Waals surface area contributed by atoms with Gasteiger partial charge in [-0.05, 0) is 6.07 Å². The van der Waals surface area contributed by atoms with Gasteiger partial charge in [-0.2, -0.15) is 0 Å². The van der Waals surface area contributed by atoms with Crippen LogP contribution in [0.3, 0.4) is 0 Å². The van der Waals surface area contributed by atoms with Crippen LogP contribution in [-0.4, -0.2) is 24.3 Å². The number of hydrogen-bond donors (Lipinski definition) is 1. The second kappa shape index (κ2) is 3.62. The van der Waals surface area contributed by atoms with Crippen LogP contribution >= 0.6 is 0 Å². The van der Waals surface area contributed by atoms with Gasteiger partial charge in [-0.25, -0.2) is 0 Å². The summed E-state index contributed by atoms with van der Waals surface area (Å²) in [6.45, 7) is 1.42. The highest BCUT2D eigenvalue weighted by atomic mass is 16.5. The fraction of sp³-hybridized carbons (Fsp3) is 0.444. The van der Waals surface area contributed by atoms with Crippen molar-refractivity contribution in [2.45, 2.75) is 12.5 Å². The topological polar surface area (TPSA) is 57.4 Å². The van der Waals surface area contributed by atoms with Crippen LogP contribution in [0.2, 0.25) is 0 Å². The lowest BCUT2D eigenvalue weighted by Crippen LogP contribution is -2.16. The minimum absolute atomic E-state index is 0.131. The Morgan fingerprint density at radius 3 is 3.23 bits per heavy atom. The smallest absolute Gasteiger partial charge is 0.160 e. The summed E-state index contributed by atoms with van der Waals surface area (Å²) in [5, 5.41) is 0. The van der Waals surface area contributed by atoms with Crippen molar-refractivity contribution >= 4 is 5.69 Å². The van der Waals surface area contributed by atoms with Crippen molar-refractivity contribution in [2.75, 3.05) is 18.9 Å².